The molecule has 0 aromatic rings. The molecule has 0 aromatic carbocycles. The summed E-state index contributed by atoms with van der Waals surface area (Å²) < 4.78 is 0. The van der Waals surface area contributed by atoms with Gasteiger partial charge in [-0.1, -0.05) is 89.9 Å². The predicted octanol–water partition coefficient (Wildman–Crippen LogP) is 2.88. The summed E-state index contributed by atoms with van der Waals surface area (Å²) in [6, 6.07) is 0. The van der Waals surface area contributed by atoms with Crippen LogP contribution in [0.15, 0.2) is 0 Å². The van der Waals surface area contributed by atoms with Crippen LogP contribution in [0, 0.1) is 0 Å². The summed E-state index contributed by atoms with van der Waals surface area (Å²) in [6.45, 7) is 0.618. The summed E-state index contributed by atoms with van der Waals surface area (Å²) in [4.78, 5) is 20.2. The normalized spacial score (nSPS) is 10.1. The van der Waals surface area contributed by atoms with E-state index in [9.17, 15) is 19.8 Å². The van der Waals surface area contributed by atoms with Gasteiger partial charge >= 0.3 is 37.7 Å². The number of rotatable bonds is 22. The molecule has 0 radical (unpaired) electrons. The maximum Gasteiger partial charge on any atom is 2.00 e. The standard InChI is InChI=1S/2C12H24O3.Ca/c2*13-11-9-7-5-3-1-2-4-6-8-10-12(14)15;/h2*13H,1-11H2,(H,14,15);/q;;+2/p-2. The van der Waals surface area contributed by atoms with Gasteiger partial charge < -0.3 is 30.0 Å². The first kappa shape index (κ1) is 35.7. The van der Waals surface area contributed by atoms with Gasteiger partial charge in [0.15, 0.2) is 0 Å². The Morgan fingerprint density at radius 1 is 0.419 bits per heavy atom. The summed E-state index contributed by atoms with van der Waals surface area (Å²) >= 11 is 0. The zero-order chi connectivity index (χ0) is 22.7. The number of aliphatic hydroxyl groups excluding tert-OH is 2. The van der Waals surface area contributed by atoms with Crippen LogP contribution in [0.25, 0.3) is 0 Å². The van der Waals surface area contributed by atoms with Crippen LogP contribution in [0.1, 0.15) is 128 Å². The van der Waals surface area contributed by atoms with Crippen molar-refractivity contribution in [3.63, 3.8) is 0 Å². The van der Waals surface area contributed by atoms with Crippen molar-refractivity contribution in [2.24, 2.45) is 0 Å². The fourth-order valence-corrected chi connectivity index (χ4v) is 3.24. The van der Waals surface area contributed by atoms with Crippen LogP contribution in [0.3, 0.4) is 0 Å². The number of hydrogen-bond donors (Lipinski definition) is 2. The topological polar surface area (TPSA) is 121 Å². The quantitative estimate of drug-likeness (QED) is 0.185. The molecule has 7 heteroatoms. The summed E-state index contributed by atoms with van der Waals surface area (Å²) in [5.74, 6) is -1.86. The van der Waals surface area contributed by atoms with Crippen LogP contribution in [0.5, 0.6) is 0 Å². The van der Waals surface area contributed by atoms with E-state index in [2.05, 4.69) is 0 Å². The number of carbonyl (C=O) groups excluding carboxylic acids is 2. The predicted molar refractivity (Wildman–Crippen MR) is 122 cm³/mol. The fraction of sp³-hybridized carbons (Fsp3) is 0.917. The first-order valence-corrected chi connectivity index (χ1v) is 12.2. The molecule has 0 bridgehead atoms. The Morgan fingerprint density at radius 2 is 0.613 bits per heavy atom. The minimum absolute atomic E-state index is 0. The Labute approximate surface area is 220 Å². The van der Waals surface area contributed by atoms with E-state index in [0.29, 0.717) is 13.2 Å². The van der Waals surface area contributed by atoms with Crippen LogP contribution < -0.4 is 10.2 Å². The average Bonchev–Trinajstić information content (AvgIpc) is 2.71. The van der Waals surface area contributed by atoms with Crippen molar-refractivity contribution in [2.45, 2.75) is 128 Å². The number of carbonyl (C=O) groups is 2. The Morgan fingerprint density at radius 3 is 0.806 bits per heavy atom. The van der Waals surface area contributed by atoms with Crippen molar-refractivity contribution in [3.05, 3.63) is 0 Å². The molecular weight excluding hydrogens is 424 g/mol. The monoisotopic (exact) mass is 470 g/mol. The molecule has 6 nitrogen and oxygen atoms in total. The van der Waals surface area contributed by atoms with E-state index in [0.717, 1.165) is 64.2 Å². The van der Waals surface area contributed by atoms with E-state index in [1.165, 1.54) is 51.4 Å². The van der Waals surface area contributed by atoms with Gasteiger partial charge in [0.25, 0.3) is 0 Å². The molecule has 0 saturated heterocycles. The Hall–Kier alpha value is 0.120. The van der Waals surface area contributed by atoms with Gasteiger partial charge in [-0.3, -0.25) is 0 Å². The Kier molecular flexibility index (Phi) is 37.2. The molecule has 0 heterocycles. The minimum Gasteiger partial charge on any atom is -0.550 e. The number of hydrogen-bond acceptors (Lipinski definition) is 6. The second-order valence-corrected chi connectivity index (χ2v) is 8.06. The molecule has 0 fully saturated rings. The average molecular weight is 471 g/mol. The molecule has 0 aliphatic rings. The van der Waals surface area contributed by atoms with Gasteiger partial charge in [0, 0.05) is 25.2 Å². The van der Waals surface area contributed by atoms with Gasteiger partial charge in [-0.25, -0.2) is 0 Å². The van der Waals surface area contributed by atoms with Crippen molar-refractivity contribution >= 4 is 49.7 Å². The summed E-state index contributed by atoms with van der Waals surface area (Å²) in [6.07, 6.45) is 20.0. The van der Waals surface area contributed by atoms with E-state index in [1.807, 2.05) is 0 Å². The van der Waals surface area contributed by atoms with Crippen LogP contribution in [0.4, 0.5) is 0 Å². The zero-order valence-electron chi connectivity index (χ0n) is 19.8. The molecule has 0 amide bonds. The summed E-state index contributed by atoms with van der Waals surface area (Å²) in [5, 5.41) is 37.3. The van der Waals surface area contributed by atoms with Crippen LogP contribution in [0.2, 0.25) is 0 Å². The fourth-order valence-electron chi connectivity index (χ4n) is 3.24. The molecule has 0 aliphatic carbocycles. The molecule has 0 spiro atoms. The smallest absolute Gasteiger partial charge is 0.550 e. The first-order valence-electron chi connectivity index (χ1n) is 12.2. The number of aliphatic carboxylic acids is 2. The molecule has 0 aromatic heterocycles. The van der Waals surface area contributed by atoms with E-state index < -0.39 is 11.9 Å². The molecule has 2 N–H and O–H groups in total. The van der Waals surface area contributed by atoms with Crippen LogP contribution in [-0.2, 0) is 9.59 Å². The number of unbranched alkanes of at least 4 members (excludes halogenated alkanes) is 16. The van der Waals surface area contributed by atoms with Gasteiger partial charge in [-0.2, -0.15) is 0 Å². The van der Waals surface area contributed by atoms with Gasteiger partial charge in [0.2, 0.25) is 0 Å². The second kappa shape index (κ2) is 32.3. The third-order valence-electron chi connectivity index (χ3n) is 5.08. The number of carboxylic acids is 2. The van der Waals surface area contributed by atoms with E-state index >= 15 is 0 Å². The van der Waals surface area contributed by atoms with Gasteiger partial charge in [0.1, 0.15) is 0 Å². The number of carboxylic acid groups (broad SMARTS) is 2. The largest absolute Gasteiger partial charge is 2.00 e. The molecular formula is C24H46CaO6. The van der Waals surface area contributed by atoms with Crippen molar-refractivity contribution in [2.75, 3.05) is 13.2 Å². The van der Waals surface area contributed by atoms with Crippen LogP contribution >= 0.6 is 0 Å². The molecule has 0 unspecified atom stereocenters. The minimum atomic E-state index is -0.931. The van der Waals surface area contributed by atoms with Crippen molar-refractivity contribution in [1.29, 1.82) is 0 Å². The van der Waals surface area contributed by atoms with Gasteiger partial charge in [0.05, 0.1) is 0 Å². The van der Waals surface area contributed by atoms with Crippen molar-refractivity contribution in [1.82, 2.24) is 0 Å². The van der Waals surface area contributed by atoms with Gasteiger partial charge in [-0.05, 0) is 38.5 Å². The molecule has 0 atom stereocenters. The third-order valence-corrected chi connectivity index (χ3v) is 5.08. The molecule has 0 rings (SSSR count). The zero-order valence-corrected chi connectivity index (χ0v) is 22.0. The van der Waals surface area contributed by atoms with Gasteiger partial charge in [-0.15, -0.1) is 0 Å². The van der Waals surface area contributed by atoms with E-state index in [-0.39, 0.29) is 50.6 Å². The second-order valence-electron chi connectivity index (χ2n) is 8.06. The molecule has 0 saturated carbocycles. The Bertz CT molecular complexity index is 332. The maximum atomic E-state index is 10.1. The summed E-state index contributed by atoms with van der Waals surface area (Å²) in [5.41, 5.74) is 0. The SMILES string of the molecule is O=C([O-])CCCCCCCCCCCO.O=C([O-])CCCCCCCCCCCO.[Ca+2]. The maximum absolute atomic E-state index is 10.1. The third kappa shape index (κ3) is 40.9. The molecule has 31 heavy (non-hydrogen) atoms. The van der Waals surface area contributed by atoms with E-state index in [1.54, 1.807) is 0 Å². The molecule has 0 aliphatic heterocycles. The first-order chi connectivity index (χ1) is 14.5. The Balaban J connectivity index is -0.000000490. The van der Waals surface area contributed by atoms with Crippen LogP contribution in [-0.4, -0.2) is 73.1 Å². The summed E-state index contributed by atoms with van der Waals surface area (Å²) in [7, 11) is 0. The van der Waals surface area contributed by atoms with Crippen molar-refractivity contribution < 1.29 is 30.0 Å². The number of aliphatic hydroxyl groups is 2. The van der Waals surface area contributed by atoms with Crippen molar-refractivity contribution in [3.8, 4) is 0 Å². The van der Waals surface area contributed by atoms with E-state index in [4.69, 9.17) is 10.2 Å². The molecule has 180 valence electrons.